The van der Waals surface area contributed by atoms with Crippen molar-refractivity contribution in [2.24, 2.45) is 0 Å². The van der Waals surface area contributed by atoms with Gasteiger partial charge >= 0.3 is 0 Å². The van der Waals surface area contributed by atoms with E-state index in [-0.39, 0.29) is 37.8 Å². The molecule has 1 aliphatic heterocycles. The Labute approximate surface area is 266 Å². The molecule has 1 amide bonds. The summed E-state index contributed by atoms with van der Waals surface area (Å²) in [6, 6.07) is 13.9. The first-order chi connectivity index (χ1) is 21.7. The second-order valence-corrected chi connectivity index (χ2v) is 10.9. The van der Waals surface area contributed by atoms with Crippen molar-refractivity contribution in [3.63, 3.8) is 0 Å². The number of carbonyl (C=O) groups is 1. The summed E-state index contributed by atoms with van der Waals surface area (Å²) in [5, 5.41) is 22.7. The van der Waals surface area contributed by atoms with Gasteiger partial charge < -0.3 is 19.9 Å². The summed E-state index contributed by atoms with van der Waals surface area (Å²) < 4.78 is 40.5. The lowest BCUT2D eigenvalue weighted by atomic mass is 9.93. The van der Waals surface area contributed by atoms with Crippen LogP contribution >= 0.6 is 23.2 Å². The number of hydrogen-bond donors (Lipinski definition) is 2. The van der Waals surface area contributed by atoms with Crippen molar-refractivity contribution in [3.8, 4) is 11.5 Å². The fourth-order valence-corrected chi connectivity index (χ4v) is 5.07. The molecule has 0 aliphatic carbocycles. The highest BCUT2D eigenvalue weighted by Gasteiger charge is 2.34. The molecule has 3 heterocycles. The van der Waals surface area contributed by atoms with E-state index < -0.39 is 17.2 Å². The Balaban J connectivity index is 0.000000178. The molecule has 234 valence electrons. The smallest absolute Gasteiger partial charge is 0.231 e. The van der Waals surface area contributed by atoms with Crippen molar-refractivity contribution in [3.05, 3.63) is 118 Å². The molecule has 15 heteroatoms. The van der Waals surface area contributed by atoms with Crippen LogP contribution in [0.1, 0.15) is 16.7 Å². The van der Waals surface area contributed by atoms with E-state index in [1.54, 1.807) is 18.2 Å². The van der Waals surface area contributed by atoms with Crippen molar-refractivity contribution < 1.29 is 28.2 Å². The normalized spacial score (nSPS) is 12.0. The third kappa shape index (κ3) is 8.53. The number of aliphatic hydroxyl groups is 1. The monoisotopic (exact) mass is 657 g/mol. The van der Waals surface area contributed by atoms with Gasteiger partial charge in [-0.05, 0) is 47.9 Å². The van der Waals surface area contributed by atoms with Crippen molar-refractivity contribution in [1.82, 2.24) is 34.8 Å². The summed E-state index contributed by atoms with van der Waals surface area (Å²) in [7, 11) is 0. The number of ether oxygens (including phenoxy) is 2. The lowest BCUT2D eigenvalue weighted by Gasteiger charge is -2.28. The fraction of sp³-hybridized carbons (Fsp3) is 0.233. The zero-order valence-electron chi connectivity index (χ0n) is 23.6. The quantitative estimate of drug-likeness (QED) is 0.227. The molecule has 6 rings (SSSR count). The fourth-order valence-electron chi connectivity index (χ4n) is 4.60. The van der Waals surface area contributed by atoms with Crippen molar-refractivity contribution in [2.75, 3.05) is 13.3 Å². The highest BCUT2D eigenvalue weighted by Crippen LogP contribution is 2.32. The highest BCUT2D eigenvalue weighted by atomic mass is 35.5. The SMILES string of the molecule is O=C(Cc1ccc(Cl)cc1Cl)NCCc1ccc2c(c1)OCO2.OC(Cn1cncn1)(Cn1cncn1)c1ccc(F)cc1F. The molecule has 2 aromatic heterocycles. The van der Waals surface area contributed by atoms with Crippen LogP contribution < -0.4 is 14.8 Å². The minimum atomic E-state index is -1.70. The van der Waals surface area contributed by atoms with Crippen LogP contribution in [0.5, 0.6) is 11.5 Å². The molecule has 0 saturated heterocycles. The molecule has 0 bridgehead atoms. The number of halogens is 4. The number of amides is 1. The van der Waals surface area contributed by atoms with Gasteiger partial charge in [0, 0.05) is 28.2 Å². The van der Waals surface area contributed by atoms with E-state index in [1.165, 1.54) is 40.7 Å². The summed E-state index contributed by atoms with van der Waals surface area (Å²) in [5.74, 6) is -0.125. The lowest BCUT2D eigenvalue weighted by Crippen LogP contribution is -2.37. The summed E-state index contributed by atoms with van der Waals surface area (Å²) in [5.41, 5.74) is 0.0924. The number of carbonyl (C=O) groups excluding carboxylic acids is 1. The summed E-state index contributed by atoms with van der Waals surface area (Å²) >= 11 is 11.9. The Kier molecular flexibility index (Phi) is 10.2. The number of hydrogen-bond acceptors (Lipinski definition) is 8. The Hall–Kier alpha value is -4.59. The maximum atomic E-state index is 14.1. The summed E-state index contributed by atoms with van der Waals surface area (Å²) in [6.07, 6.45) is 6.35. The van der Waals surface area contributed by atoms with E-state index in [9.17, 15) is 18.7 Å². The van der Waals surface area contributed by atoms with Gasteiger partial charge in [-0.1, -0.05) is 41.4 Å². The van der Waals surface area contributed by atoms with Crippen LogP contribution in [-0.2, 0) is 36.3 Å². The van der Waals surface area contributed by atoms with Gasteiger partial charge in [0.15, 0.2) is 11.5 Å². The molecule has 0 radical (unpaired) electrons. The van der Waals surface area contributed by atoms with E-state index in [0.29, 0.717) is 16.6 Å². The molecule has 1 aliphatic rings. The molecule has 0 fully saturated rings. The minimum Gasteiger partial charge on any atom is -0.454 e. The minimum absolute atomic E-state index is 0.0556. The Morgan fingerprint density at radius 2 is 1.64 bits per heavy atom. The third-order valence-electron chi connectivity index (χ3n) is 6.75. The van der Waals surface area contributed by atoms with Crippen LogP contribution in [0.3, 0.4) is 0 Å². The molecule has 3 aromatic carbocycles. The molecule has 0 spiro atoms. The lowest BCUT2D eigenvalue weighted by molar-refractivity contribution is -0.120. The van der Waals surface area contributed by atoms with Crippen LogP contribution in [-0.4, -0.2) is 53.9 Å². The van der Waals surface area contributed by atoms with Gasteiger partial charge in [-0.3, -0.25) is 4.79 Å². The van der Waals surface area contributed by atoms with Crippen LogP contribution in [0.15, 0.2) is 79.9 Å². The second-order valence-electron chi connectivity index (χ2n) is 10.0. The molecular formula is C30H27Cl2F2N7O4. The molecule has 0 saturated carbocycles. The van der Waals surface area contributed by atoms with Crippen molar-refractivity contribution >= 4 is 29.1 Å². The second kappa shape index (κ2) is 14.5. The maximum absolute atomic E-state index is 14.1. The van der Waals surface area contributed by atoms with Crippen LogP contribution in [0.25, 0.3) is 0 Å². The van der Waals surface area contributed by atoms with Gasteiger partial charge in [-0.2, -0.15) is 10.2 Å². The Morgan fingerprint density at radius 3 is 2.29 bits per heavy atom. The number of benzene rings is 3. The molecule has 0 unspecified atom stereocenters. The predicted molar refractivity (Wildman–Crippen MR) is 160 cm³/mol. The first-order valence-electron chi connectivity index (χ1n) is 13.6. The van der Waals surface area contributed by atoms with Gasteiger partial charge in [-0.25, -0.2) is 28.1 Å². The Bertz CT molecular complexity index is 1700. The maximum Gasteiger partial charge on any atom is 0.231 e. The van der Waals surface area contributed by atoms with Crippen LogP contribution in [0, 0.1) is 11.6 Å². The van der Waals surface area contributed by atoms with Crippen molar-refractivity contribution in [2.45, 2.75) is 31.5 Å². The number of rotatable bonds is 10. The number of aromatic nitrogens is 6. The zero-order valence-corrected chi connectivity index (χ0v) is 25.1. The first-order valence-corrected chi connectivity index (χ1v) is 14.4. The van der Waals surface area contributed by atoms with Gasteiger partial charge in [0.1, 0.15) is 42.5 Å². The van der Waals surface area contributed by atoms with Gasteiger partial charge in [0.2, 0.25) is 12.7 Å². The summed E-state index contributed by atoms with van der Waals surface area (Å²) in [6.45, 7) is 0.659. The van der Waals surface area contributed by atoms with E-state index in [2.05, 4.69) is 25.5 Å². The van der Waals surface area contributed by atoms with E-state index in [1.807, 2.05) is 18.2 Å². The average Bonchev–Trinajstić information content (AvgIpc) is 3.79. The van der Waals surface area contributed by atoms with Gasteiger partial charge in [0.05, 0.1) is 19.5 Å². The number of fused-ring (bicyclic) bond motifs is 1. The number of nitrogens with one attached hydrogen (secondary N) is 1. The van der Waals surface area contributed by atoms with Gasteiger partial charge in [0.25, 0.3) is 0 Å². The van der Waals surface area contributed by atoms with Gasteiger partial charge in [-0.15, -0.1) is 0 Å². The van der Waals surface area contributed by atoms with Crippen LogP contribution in [0.4, 0.5) is 8.78 Å². The Morgan fingerprint density at radius 1 is 0.933 bits per heavy atom. The largest absolute Gasteiger partial charge is 0.454 e. The topological polar surface area (TPSA) is 129 Å². The molecule has 2 N–H and O–H groups in total. The van der Waals surface area contributed by atoms with Crippen LogP contribution in [0.2, 0.25) is 10.0 Å². The standard InChI is InChI=1S/C17H15Cl2NO3.C13H12F2N6O/c18-13-3-2-12(14(19)9-13)8-17(21)20-6-5-11-1-4-15-16(7-11)23-10-22-15;14-10-1-2-11(12(15)3-10)13(22,4-20-8-16-6-18-20)5-21-9-17-7-19-21/h1-4,7,9H,5-6,8,10H2,(H,20,21);1-3,6-9,22H,4-5H2. The van der Waals surface area contributed by atoms with E-state index >= 15 is 0 Å². The zero-order chi connectivity index (χ0) is 31.8. The number of nitrogens with zero attached hydrogens (tertiary/aromatic N) is 6. The highest BCUT2D eigenvalue weighted by molar-refractivity contribution is 6.35. The molecule has 11 nitrogen and oxygen atoms in total. The summed E-state index contributed by atoms with van der Waals surface area (Å²) in [4.78, 5) is 19.6. The van der Waals surface area contributed by atoms with E-state index in [0.717, 1.165) is 41.2 Å². The molecule has 0 atom stereocenters. The molecule has 45 heavy (non-hydrogen) atoms. The van der Waals surface area contributed by atoms with E-state index in [4.69, 9.17) is 32.7 Å². The average molecular weight is 658 g/mol. The molecular weight excluding hydrogens is 631 g/mol. The predicted octanol–water partition coefficient (Wildman–Crippen LogP) is 4.36. The first kappa shape index (κ1) is 31.8. The molecule has 5 aromatic rings. The third-order valence-corrected chi connectivity index (χ3v) is 7.34. The van der Waals surface area contributed by atoms with Crippen molar-refractivity contribution in [1.29, 1.82) is 0 Å².